The topological polar surface area (TPSA) is 131 Å². The van der Waals surface area contributed by atoms with E-state index in [-0.39, 0.29) is 23.1 Å². The van der Waals surface area contributed by atoms with Crippen LogP contribution in [0.2, 0.25) is 0 Å². The molecule has 1 heterocycles. The zero-order valence-corrected chi connectivity index (χ0v) is 20.8. The molecule has 3 aromatic carbocycles. The average Bonchev–Trinajstić information content (AvgIpc) is 3.65. The monoisotopic (exact) mass is 514 g/mol. The van der Waals surface area contributed by atoms with Gasteiger partial charge in [-0.05, 0) is 72.3 Å². The molecule has 5 rings (SSSR count). The molecule has 4 aromatic rings. The third-order valence-corrected chi connectivity index (χ3v) is 6.67. The molecule has 1 fully saturated rings. The second kappa shape index (κ2) is 11.2. The Bertz CT molecular complexity index is 1420. The molecule has 0 radical (unpaired) electrons. The van der Waals surface area contributed by atoms with E-state index in [4.69, 9.17) is 11.5 Å². The van der Waals surface area contributed by atoms with Gasteiger partial charge in [-0.3, -0.25) is 4.79 Å². The number of rotatable bonds is 10. The third-order valence-electron chi connectivity index (χ3n) is 6.67. The van der Waals surface area contributed by atoms with Gasteiger partial charge in [0.15, 0.2) is 0 Å². The highest BCUT2D eigenvalue weighted by Gasteiger charge is 2.25. The molecular weight excluding hydrogens is 483 g/mol. The molecule has 7 N–H and O–H groups in total. The van der Waals surface area contributed by atoms with Crippen LogP contribution in [0.15, 0.2) is 78.9 Å². The lowest BCUT2D eigenvalue weighted by atomic mass is 9.97. The predicted octanol–water partition coefficient (Wildman–Crippen LogP) is 3.76. The van der Waals surface area contributed by atoms with E-state index in [1.807, 2.05) is 36.4 Å². The maximum absolute atomic E-state index is 15.0. The van der Waals surface area contributed by atoms with Crippen LogP contribution in [0, 0.1) is 11.7 Å². The summed E-state index contributed by atoms with van der Waals surface area (Å²) in [6.45, 7) is 1.17. The van der Waals surface area contributed by atoms with Crippen molar-refractivity contribution < 1.29 is 14.3 Å². The van der Waals surface area contributed by atoms with Gasteiger partial charge in [0.25, 0.3) is 5.91 Å². The van der Waals surface area contributed by atoms with Gasteiger partial charge in [-0.25, -0.2) is 9.07 Å². The zero-order chi connectivity index (χ0) is 26.6. The molecule has 0 bridgehead atoms. The van der Waals surface area contributed by atoms with Crippen molar-refractivity contribution >= 4 is 11.6 Å². The van der Waals surface area contributed by atoms with E-state index in [9.17, 15) is 14.3 Å². The predicted molar refractivity (Wildman–Crippen MR) is 144 cm³/mol. The summed E-state index contributed by atoms with van der Waals surface area (Å²) in [4.78, 5) is 13.4. The van der Waals surface area contributed by atoms with E-state index in [0.29, 0.717) is 18.2 Å². The highest BCUT2D eigenvalue weighted by molar-refractivity contribution is 6.03. The fourth-order valence-corrected chi connectivity index (χ4v) is 4.40. The van der Waals surface area contributed by atoms with Crippen molar-refractivity contribution in [1.82, 2.24) is 15.1 Å². The Hall–Kier alpha value is -3.89. The molecule has 1 unspecified atom stereocenters. The van der Waals surface area contributed by atoms with Crippen molar-refractivity contribution in [1.29, 1.82) is 0 Å². The van der Waals surface area contributed by atoms with Gasteiger partial charge >= 0.3 is 0 Å². The van der Waals surface area contributed by atoms with Gasteiger partial charge in [-0.1, -0.05) is 48.5 Å². The van der Waals surface area contributed by atoms with E-state index in [1.165, 1.54) is 29.7 Å². The maximum atomic E-state index is 15.0. The van der Waals surface area contributed by atoms with Crippen molar-refractivity contribution in [3.8, 4) is 5.69 Å². The van der Waals surface area contributed by atoms with E-state index in [1.54, 1.807) is 30.3 Å². The number of hydrogen-bond acceptors (Lipinski definition) is 6. The summed E-state index contributed by atoms with van der Waals surface area (Å²) < 4.78 is 16.3. The van der Waals surface area contributed by atoms with Gasteiger partial charge in [-0.2, -0.15) is 5.10 Å². The van der Waals surface area contributed by atoms with Gasteiger partial charge in [0, 0.05) is 6.54 Å². The van der Waals surface area contributed by atoms with Gasteiger partial charge in [0.05, 0.1) is 17.4 Å². The van der Waals surface area contributed by atoms with Crippen LogP contribution in [0.25, 0.3) is 5.69 Å². The molecule has 38 heavy (non-hydrogen) atoms. The molecule has 1 aliphatic rings. The summed E-state index contributed by atoms with van der Waals surface area (Å²) in [5.41, 5.74) is 14.9. The Kier molecular flexibility index (Phi) is 7.62. The molecule has 1 amide bonds. The molecule has 2 atom stereocenters. The minimum atomic E-state index is -1.38. The zero-order valence-electron chi connectivity index (χ0n) is 20.8. The Balaban J connectivity index is 1.46. The van der Waals surface area contributed by atoms with E-state index in [2.05, 4.69) is 15.7 Å². The van der Waals surface area contributed by atoms with Crippen LogP contribution in [-0.4, -0.2) is 27.3 Å². The van der Waals surface area contributed by atoms with Crippen LogP contribution in [0.1, 0.15) is 58.0 Å². The Morgan fingerprint density at radius 3 is 2.55 bits per heavy atom. The van der Waals surface area contributed by atoms with Crippen molar-refractivity contribution in [2.24, 2.45) is 17.4 Å². The van der Waals surface area contributed by atoms with Crippen LogP contribution < -0.4 is 22.1 Å². The average molecular weight is 515 g/mol. The Morgan fingerprint density at radius 1 is 1.05 bits per heavy atom. The highest BCUT2D eigenvalue weighted by Crippen LogP contribution is 2.31. The standard InChI is InChI=1S/C29H31FN6O2/c30-23-12-11-21(27(33-17-18-9-10-18)20-6-2-1-3-7-20)14-24(23)34-29(38)26-15-25(28(32)37)35-36(26)22-8-4-5-19(13-22)16-31/h1-8,11-15,18,27-28,33,37H,9-10,16-17,31-32H2,(H,34,38)/t27-,28?/m1/s1. The molecule has 0 aliphatic heterocycles. The fourth-order valence-electron chi connectivity index (χ4n) is 4.40. The summed E-state index contributed by atoms with van der Waals surface area (Å²) >= 11 is 0. The quantitative estimate of drug-likeness (QED) is 0.205. The van der Waals surface area contributed by atoms with Crippen molar-refractivity contribution in [3.63, 3.8) is 0 Å². The van der Waals surface area contributed by atoms with Gasteiger partial charge in [0.1, 0.15) is 23.4 Å². The number of amides is 1. The van der Waals surface area contributed by atoms with E-state index >= 15 is 0 Å². The number of carbonyl (C=O) groups is 1. The van der Waals surface area contributed by atoms with Gasteiger partial charge in [0.2, 0.25) is 0 Å². The molecule has 8 nitrogen and oxygen atoms in total. The fraction of sp³-hybridized carbons (Fsp3) is 0.241. The van der Waals surface area contributed by atoms with Crippen LogP contribution in [-0.2, 0) is 6.54 Å². The first-order chi connectivity index (χ1) is 18.4. The van der Waals surface area contributed by atoms with Crippen LogP contribution in [0.4, 0.5) is 10.1 Å². The van der Waals surface area contributed by atoms with Crippen molar-refractivity contribution in [2.45, 2.75) is 31.7 Å². The second-order valence-electron chi connectivity index (χ2n) is 9.57. The number of aromatic nitrogens is 2. The summed E-state index contributed by atoms with van der Waals surface area (Å²) in [5.74, 6) is -0.502. The van der Waals surface area contributed by atoms with Gasteiger partial charge < -0.3 is 27.2 Å². The minimum Gasteiger partial charge on any atom is -0.373 e. The van der Waals surface area contributed by atoms with E-state index < -0.39 is 18.0 Å². The normalized spacial score (nSPS) is 14.7. The summed E-state index contributed by atoms with van der Waals surface area (Å²) in [6, 6.07) is 23.1. The number of nitrogens with two attached hydrogens (primary N) is 2. The lowest BCUT2D eigenvalue weighted by Gasteiger charge is -2.21. The van der Waals surface area contributed by atoms with Crippen LogP contribution in [0.3, 0.4) is 0 Å². The number of carbonyl (C=O) groups excluding carboxylic acids is 1. The Morgan fingerprint density at radius 2 is 1.84 bits per heavy atom. The smallest absolute Gasteiger partial charge is 0.274 e. The first-order valence-corrected chi connectivity index (χ1v) is 12.6. The SMILES string of the molecule is NCc1cccc(-n2nc(C(N)O)cc2C(=O)Nc2cc([C@H](NCC3CC3)c3ccccc3)ccc2F)c1. The van der Waals surface area contributed by atoms with Crippen molar-refractivity contribution in [3.05, 3.63) is 113 Å². The molecule has 196 valence electrons. The number of benzene rings is 3. The molecule has 0 spiro atoms. The van der Waals surface area contributed by atoms with Crippen LogP contribution >= 0.6 is 0 Å². The summed E-state index contributed by atoms with van der Waals surface area (Å²) in [6.07, 6.45) is 1.03. The maximum Gasteiger partial charge on any atom is 0.274 e. The second-order valence-corrected chi connectivity index (χ2v) is 9.57. The molecule has 1 saturated carbocycles. The number of anilines is 1. The largest absolute Gasteiger partial charge is 0.373 e. The number of aliphatic hydroxyl groups is 1. The first kappa shape index (κ1) is 25.7. The lowest BCUT2D eigenvalue weighted by molar-refractivity contribution is 0.101. The van der Waals surface area contributed by atoms with Crippen LogP contribution in [0.5, 0.6) is 0 Å². The number of halogens is 1. The van der Waals surface area contributed by atoms with Gasteiger partial charge in [-0.15, -0.1) is 0 Å². The van der Waals surface area contributed by atoms with Crippen molar-refractivity contribution in [2.75, 3.05) is 11.9 Å². The number of hydrogen-bond donors (Lipinski definition) is 5. The Labute approximate surface area is 220 Å². The number of aliphatic hydroxyl groups excluding tert-OH is 1. The summed E-state index contributed by atoms with van der Waals surface area (Å²) in [7, 11) is 0. The summed E-state index contributed by atoms with van der Waals surface area (Å²) in [5, 5.41) is 20.5. The molecule has 0 saturated heterocycles. The van der Waals surface area contributed by atoms with E-state index in [0.717, 1.165) is 23.2 Å². The highest BCUT2D eigenvalue weighted by atomic mass is 19.1. The molecule has 1 aromatic heterocycles. The number of nitrogens with one attached hydrogen (secondary N) is 2. The molecule has 1 aliphatic carbocycles. The third kappa shape index (κ3) is 5.81. The minimum absolute atomic E-state index is 0.0416. The lowest BCUT2D eigenvalue weighted by Crippen LogP contribution is -2.25. The molecular formula is C29H31FN6O2. The number of nitrogens with zero attached hydrogens (tertiary/aromatic N) is 2. The molecule has 9 heteroatoms. The first-order valence-electron chi connectivity index (χ1n) is 12.6.